The summed E-state index contributed by atoms with van der Waals surface area (Å²) in [7, 11) is 0. The molecule has 0 spiro atoms. The Bertz CT molecular complexity index is 367. The largest absolute Gasteiger partial charge is 0.310 e. The first-order chi connectivity index (χ1) is 7.70. The number of aryl methyl sites for hydroxylation is 1. The topological polar surface area (TPSA) is 12.0 Å². The molecule has 0 saturated heterocycles. The van der Waals surface area contributed by atoms with Gasteiger partial charge in [-0.15, -0.1) is 12.4 Å². The van der Waals surface area contributed by atoms with Crippen LogP contribution in [0.1, 0.15) is 37.3 Å². The van der Waals surface area contributed by atoms with E-state index in [-0.39, 0.29) is 18.2 Å². The lowest BCUT2D eigenvalue weighted by Crippen LogP contribution is -2.18. The van der Waals surface area contributed by atoms with Crippen molar-refractivity contribution >= 4 is 12.4 Å². The van der Waals surface area contributed by atoms with Crippen LogP contribution < -0.4 is 5.32 Å². The van der Waals surface area contributed by atoms with Crippen molar-refractivity contribution in [1.29, 1.82) is 0 Å². The molecule has 1 nitrogen and oxygen atoms in total. The van der Waals surface area contributed by atoms with Gasteiger partial charge in [0.05, 0.1) is 0 Å². The Balaban J connectivity index is 0.00000144. The van der Waals surface area contributed by atoms with Crippen LogP contribution >= 0.6 is 12.4 Å². The van der Waals surface area contributed by atoms with Gasteiger partial charge in [0.25, 0.3) is 0 Å². The number of benzene rings is 1. The predicted octanol–water partition coefficient (Wildman–Crippen LogP) is 3.83. The Morgan fingerprint density at radius 3 is 2.88 bits per heavy atom. The fourth-order valence-corrected chi connectivity index (χ4v) is 2.27. The van der Waals surface area contributed by atoms with E-state index in [0.29, 0.717) is 12.6 Å². The third kappa shape index (κ3) is 3.97. The average molecular weight is 258 g/mol. The Kier molecular flexibility index (Phi) is 5.41. The molecule has 3 heteroatoms. The van der Waals surface area contributed by atoms with Gasteiger partial charge in [0.15, 0.2) is 0 Å². The molecule has 2 unspecified atom stereocenters. The Labute approximate surface area is 109 Å². The molecule has 1 aliphatic rings. The van der Waals surface area contributed by atoms with E-state index in [1.165, 1.54) is 19.3 Å². The lowest BCUT2D eigenvalue weighted by molar-refractivity contribution is 0.565. The normalized spacial score (nSPS) is 22.1. The second-order valence-corrected chi connectivity index (χ2v) is 4.87. The molecule has 0 aromatic heterocycles. The molecule has 1 aromatic carbocycles. The minimum Gasteiger partial charge on any atom is -0.310 e. The van der Waals surface area contributed by atoms with Crippen LogP contribution in [0.15, 0.2) is 18.2 Å². The number of hydrogen-bond donors (Lipinski definition) is 1. The van der Waals surface area contributed by atoms with Crippen molar-refractivity contribution in [2.75, 3.05) is 0 Å². The summed E-state index contributed by atoms with van der Waals surface area (Å²) in [4.78, 5) is 0. The predicted molar refractivity (Wildman–Crippen MR) is 72.0 cm³/mol. The molecule has 17 heavy (non-hydrogen) atoms. The van der Waals surface area contributed by atoms with Crippen LogP contribution in [-0.4, -0.2) is 6.04 Å². The highest BCUT2D eigenvalue weighted by molar-refractivity contribution is 5.85. The first-order valence-corrected chi connectivity index (χ1v) is 6.19. The Morgan fingerprint density at radius 2 is 2.18 bits per heavy atom. The summed E-state index contributed by atoms with van der Waals surface area (Å²) < 4.78 is 13.4. The number of nitrogens with one attached hydrogen (secondary N) is 1. The van der Waals surface area contributed by atoms with Gasteiger partial charge in [-0.3, -0.25) is 0 Å². The zero-order valence-corrected chi connectivity index (χ0v) is 11.3. The SMILES string of the molecule is CCCC1CC1NCc1cc(C)ccc1F.Cl. The number of rotatable bonds is 5. The lowest BCUT2D eigenvalue weighted by Gasteiger charge is -2.06. The standard InChI is InChI=1S/C14H20FN.ClH/c1-3-4-11-8-14(11)16-9-12-7-10(2)5-6-13(12)15;/h5-7,11,14,16H,3-4,8-9H2,1-2H3;1H. The monoisotopic (exact) mass is 257 g/mol. The van der Waals surface area contributed by atoms with E-state index in [1.807, 2.05) is 19.1 Å². The van der Waals surface area contributed by atoms with Gasteiger partial charge in [-0.1, -0.05) is 31.0 Å². The fourth-order valence-electron chi connectivity index (χ4n) is 2.27. The summed E-state index contributed by atoms with van der Waals surface area (Å²) >= 11 is 0. The molecule has 1 N–H and O–H groups in total. The summed E-state index contributed by atoms with van der Waals surface area (Å²) in [5.41, 5.74) is 1.92. The third-order valence-corrected chi connectivity index (χ3v) is 3.34. The highest BCUT2D eigenvalue weighted by atomic mass is 35.5. The first kappa shape index (κ1) is 14.5. The van der Waals surface area contributed by atoms with Gasteiger partial charge in [0.2, 0.25) is 0 Å². The lowest BCUT2D eigenvalue weighted by atomic mass is 10.1. The Hall–Kier alpha value is -0.600. The van der Waals surface area contributed by atoms with E-state index >= 15 is 0 Å². The summed E-state index contributed by atoms with van der Waals surface area (Å²) in [5, 5.41) is 3.44. The molecular formula is C14H21ClFN. The molecule has 1 aliphatic carbocycles. The zero-order valence-electron chi connectivity index (χ0n) is 10.5. The maximum absolute atomic E-state index is 13.4. The molecule has 2 rings (SSSR count). The van der Waals surface area contributed by atoms with E-state index in [2.05, 4.69) is 12.2 Å². The van der Waals surface area contributed by atoms with Crippen molar-refractivity contribution in [3.8, 4) is 0 Å². The fraction of sp³-hybridized carbons (Fsp3) is 0.571. The van der Waals surface area contributed by atoms with Crippen molar-refractivity contribution in [2.24, 2.45) is 5.92 Å². The van der Waals surface area contributed by atoms with Crippen molar-refractivity contribution in [1.82, 2.24) is 5.32 Å². The number of hydrogen-bond acceptors (Lipinski definition) is 1. The second kappa shape index (κ2) is 6.36. The van der Waals surface area contributed by atoms with Crippen LogP contribution in [0.3, 0.4) is 0 Å². The van der Waals surface area contributed by atoms with Gasteiger partial charge in [0.1, 0.15) is 5.82 Å². The van der Waals surface area contributed by atoms with E-state index in [0.717, 1.165) is 17.0 Å². The van der Waals surface area contributed by atoms with Crippen molar-refractivity contribution < 1.29 is 4.39 Å². The number of halogens is 2. The summed E-state index contributed by atoms with van der Waals surface area (Å²) in [6, 6.07) is 5.93. The van der Waals surface area contributed by atoms with Crippen LogP contribution in [0.25, 0.3) is 0 Å². The molecule has 0 radical (unpaired) electrons. The molecule has 0 bridgehead atoms. The average Bonchev–Trinajstić information content (AvgIpc) is 2.99. The third-order valence-electron chi connectivity index (χ3n) is 3.34. The molecule has 96 valence electrons. The molecule has 2 atom stereocenters. The van der Waals surface area contributed by atoms with Gasteiger partial charge in [-0.2, -0.15) is 0 Å². The molecular weight excluding hydrogens is 237 g/mol. The van der Waals surface area contributed by atoms with Gasteiger partial charge in [-0.05, 0) is 31.7 Å². The van der Waals surface area contributed by atoms with Crippen LogP contribution in [0.5, 0.6) is 0 Å². The van der Waals surface area contributed by atoms with E-state index < -0.39 is 0 Å². The summed E-state index contributed by atoms with van der Waals surface area (Å²) in [6.07, 6.45) is 3.82. The van der Waals surface area contributed by atoms with Gasteiger partial charge < -0.3 is 5.32 Å². The molecule has 1 aromatic rings. The maximum Gasteiger partial charge on any atom is 0.127 e. The molecule has 1 fully saturated rings. The molecule has 1 saturated carbocycles. The van der Waals surface area contributed by atoms with Crippen LogP contribution in [-0.2, 0) is 6.54 Å². The molecule has 0 heterocycles. The van der Waals surface area contributed by atoms with Crippen molar-refractivity contribution in [3.05, 3.63) is 35.1 Å². The van der Waals surface area contributed by atoms with Gasteiger partial charge >= 0.3 is 0 Å². The molecule has 0 aliphatic heterocycles. The van der Waals surface area contributed by atoms with E-state index in [9.17, 15) is 4.39 Å². The van der Waals surface area contributed by atoms with Gasteiger partial charge in [0, 0.05) is 18.2 Å². The minimum atomic E-state index is -0.0919. The van der Waals surface area contributed by atoms with E-state index in [4.69, 9.17) is 0 Å². The maximum atomic E-state index is 13.4. The van der Waals surface area contributed by atoms with Crippen molar-refractivity contribution in [2.45, 2.75) is 45.7 Å². The highest BCUT2D eigenvalue weighted by Gasteiger charge is 2.35. The summed E-state index contributed by atoms with van der Waals surface area (Å²) in [5.74, 6) is 0.740. The quantitative estimate of drug-likeness (QED) is 0.845. The van der Waals surface area contributed by atoms with Crippen molar-refractivity contribution in [3.63, 3.8) is 0 Å². The molecule has 0 amide bonds. The summed E-state index contributed by atoms with van der Waals surface area (Å²) in [6.45, 7) is 4.88. The first-order valence-electron chi connectivity index (χ1n) is 6.19. The smallest absolute Gasteiger partial charge is 0.127 e. The second-order valence-electron chi connectivity index (χ2n) is 4.87. The zero-order chi connectivity index (χ0) is 11.5. The van der Waals surface area contributed by atoms with E-state index in [1.54, 1.807) is 6.07 Å². The minimum absolute atomic E-state index is 0. The van der Waals surface area contributed by atoms with Crippen LogP contribution in [0, 0.1) is 18.7 Å². The van der Waals surface area contributed by atoms with Crippen LogP contribution in [0.2, 0.25) is 0 Å². The Morgan fingerprint density at radius 1 is 1.41 bits per heavy atom. The highest BCUT2D eigenvalue weighted by Crippen LogP contribution is 2.34. The van der Waals surface area contributed by atoms with Crippen LogP contribution in [0.4, 0.5) is 4.39 Å². The van der Waals surface area contributed by atoms with Gasteiger partial charge in [-0.25, -0.2) is 4.39 Å².